The fraction of sp³-hybridized carbons (Fsp3) is 0.889. The van der Waals surface area contributed by atoms with Gasteiger partial charge in [0.15, 0.2) is 0 Å². The molecule has 2 aliphatic carbocycles. The predicted octanol–water partition coefficient (Wildman–Crippen LogP) is 6.00. The Morgan fingerprint density at radius 3 is 2.00 bits per heavy atom. The van der Waals surface area contributed by atoms with Crippen molar-refractivity contribution in [3.05, 3.63) is 0 Å². The second kappa shape index (κ2) is 14.0. The second-order valence-electron chi connectivity index (χ2n) is 10.4. The first kappa shape index (κ1) is 27.7. The molecule has 0 aliphatic heterocycles. The zero-order chi connectivity index (χ0) is 24.3. The number of ether oxygens (including phenoxy) is 3. The number of rotatable bonds is 12. The van der Waals surface area contributed by atoms with Gasteiger partial charge in [-0.15, -0.1) is 0 Å². The zero-order valence-corrected chi connectivity index (χ0v) is 21.4. The van der Waals surface area contributed by atoms with Crippen molar-refractivity contribution < 1.29 is 28.6 Å². The summed E-state index contributed by atoms with van der Waals surface area (Å²) in [5.41, 5.74) is -0.716. The summed E-state index contributed by atoms with van der Waals surface area (Å²) in [4.78, 5) is 38.2. The maximum absolute atomic E-state index is 13.1. The van der Waals surface area contributed by atoms with E-state index in [1.807, 2.05) is 13.8 Å². The van der Waals surface area contributed by atoms with E-state index in [1.54, 1.807) is 0 Å². The first-order chi connectivity index (χ1) is 15.8. The van der Waals surface area contributed by atoms with Crippen LogP contribution in [0, 0.1) is 23.7 Å². The van der Waals surface area contributed by atoms with E-state index in [9.17, 15) is 14.4 Å². The summed E-state index contributed by atoms with van der Waals surface area (Å²) in [6.45, 7) is 8.79. The van der Waals surface area contributed by atoms with E-state index in [2.05, 4.69) is 13.8 Å². The maximum atomic E-state index is 13.1. The third-order valence-electron chi connectivity index (χ3n) is 7.83. The van der Waals surface area contributed by atoms with Crippen LogP contribution in [0.15, 0.2) is 0 Å². The summed E-state index contributed by atoms with van der Waals surface area (Å²) < 4.78 is 17.0. The van der Waals surface area contributed by atoms with Crippen LogP contribution in [0.5, 0.6) is 0 Å². The molecule has 2 fully saturated rings. The van der Waals surface area contributed by atoms with Gasteiger partial charge in [0.1, 0.15) is 5.60 Å². The van der Waals surface area contributed by atoms with Crippen LogP contribution in [-0.4, -0.2) is 36.7 Å². The van der Waals surface area contributed by atoms with Gasteiger partial charge < -0.3 is 14.2 Å². The van der Waals surface area contributed by atoms with E-state index in [-0.39, 0.29) is 30.4 Å². The molecule has 0 amide bonds. The topological polar surface area (TPSA) is 78.9 Å². The van der Waals surface area contributed by atoms with E-state index in [0.717, 1.165) is 51.4 Å². The minimum absolute atomic E-state index is 0.0171. The van der Waals surface area contributed by atoms with Crippen LogP contribution in [0.3, 0.4) is 0 Å². The Labute approximate surface area is 200 Å². The summed E-state index contributed by atoms with van der Waals surface area (Å²) in [6, 6.07) is 0. The SMILES string of the molecule is CCC(C)CCOC(=O)C1CCCCC1C(=O)OC(C)(CC)CCOC(=O)C1CCCCC1. The quantitative estimate of drug-likeness (QED) is 0.259. The fourth-order valence-corrected chi connectivity index (χ4v) is 4.81. The largest absolute Gasteiger partial charge is 0.465 e. The van der Waals surface area contributed by atoms with Crippen molar-refractivity contribution in [1.82, 2.24) is 0 Å². The summed E-state index contributed by atoms with van der Waals surface area (Å²) >= 11 is 0. The molecule has 0 aromatic heterocycles. The van der Waals surface area contributed by atoms with E-state index in [1.165, 1.54) is 6.42 Å². The molecule has 2 aliphatic rings. The van der Waals surface area contributed by atoms with Gasteiger partial charge in [0.05, 0.1) is 31.0 Å². The third kappa shape index (κ3) is 8.94. The van der Waals surface area contributed by atoms with E-state index < -0.39 is 17.4 Å². The van der Waals surface area contributed by atoms with Crippen molar-refractivity contribution in [3.8, 4) is 0 Å². The highest BCUT2D eigenvalue weighted by molar-refractivity contribution is 5.82. The number of carbonyl (C=O) groups is 3. The van der Waals surface area contributed by atoms with Crippen molar-refractivity contribution in [2.24, 2.45) is 23.7 Å². The van der Waals surface area contributed by atoms with Crippen LogP contribution in [0.2, 0.25) is 0 Å². The molecule has 2 rings (SSSR count). The molecule has 0 saturated heterocycles. The first-order valence-electron chi connectivity index (χ1n) is 13.4. The predicted molar refractivity (Wildman–Crippen MR) is 127 cm³/mol. The number of hydrogen-bond acceptors (Lipinski definition) is 6. The van der Waals surface area contributed by atoms with Crippen molar-refractivity contribution in [2.45, 2.75) is 117 Å². The Hall–Kier alpha value is -1.59. The van der Waals surface area contributed by atoms with Crippen molar-refractivity contribution in [2.75, 3.05) is 13.2 Å². The molecule has 6 heteroatoms. The highest BCUT2D eigenvalue weighted by Gasteiger charge is 2.40. The summed E-state index contributed by atoms with van der Waals surface area (Å²) in [6.07, 6.45) is 11.4. The Morgan fingerprint density at radius 1 is 0.818 bits per heavy atom. The Balaban J connectivity index is 1.86. The van der Waals surface area contributed by atoms with E-state index in [0.29, 0.717) is 38.2 Å². The minimum atomic E-state index is -0.716. The lowest BCUT2D eigenvalue weighted by Crippen LogP contribution is -2.40. The number of carbonyl (C=O) groups excluding carboxylic acids is 3. The van der Waals surface area contributed by atoms with Gasteiger partial charge in [-0.3, -0.25) is 14.4 Å². The van der Waals surface area contributed by atoms with Gasteiger partial charge in [0.25, 0.3) is 0 Å². The monoisotopic (exact) mass is 466 g/mol. The van der Waals surface area contributed by atoms with Crippen LogP contribution >= 0.6 is 0 Å². The van der Waals surface area contributed by atoms with Gasteiger partial charge in [-0.2, -0.15) is 0 Å². The Morgan fingerprint density at radius 2 is 1.39 bits per heavy atom. The molecular formula is C27H46O6. The molecule has 0 heterocycles. The van der Waals surface area contributed by atoms with Crippen LogP contribution < -0.4 is 0 Å². The molecule has 6 nitrogen and oxygen atoms in total. The third-order valence-corrected chi connectivity index (χ3v) is 7.83. The van der Waals surface area contributed by atoms with Crippen molar-refractivity contribution in [1.29, 1.82) is 0 Å². The molecule has 0 aromatic carbocycles. The van der Waals surface area contributed by atoms with Gasteiger partial charge in [0.2, 0.25) is 0 Å². The molecule has 0 bridgehead atoms. The highest BCUT2D eigenvalue weighted by Crippen LogP contribution is 2.34. The summed E-state index contributed by atoms with van der Waals surface area (Å²) in [7, 11) is 0. The molecule has 190 valence electrons. The molecule has 2 saturated carbocycles. The molecular weight excluding hydrogens is 420 g/mol. The fourth-order valence-electron chi connectivity index (χ4n) is 4.81. The standard InChI is InChI=1S/C27H46O6/c1-5-20(3)16-18-31-25(29)22-14-10-11-15-23(22)26(30)33-27(4,6-2)17-19-32-24(28)21-12-8-7-9-13-21/h20-23H,5-19H2,1-4H3. The second-order valence-corrected chi connectivity index (χ2v) is 10.4. The lowest BCUT2D eigenvalue weighted by molar-refractivity contribution is -0.175. The first-order valence-corrected chi connectivity index (χ1v) is 13.4. The number of hydrogen-bond donors (Lipinski definition) is 0. The van der Waals surface area contributed by atoms with E-state index in [4.69, 9.17) is 14.2 Å². The lowest BCUT2D eigenvalue weighted by atomic mass is 9.79. The van der Waals surface area contributed by atoms with E-state index >= 15 is 0 Å². The van der Waals surface area contributed by atoms with Crippen LogP contribution in [0.4, 0.5) is 0 Å². The van der Waals surface area contributed by atoms with Crippen LogP contribution in [0.1, 0.15) is 111 Å². The Bertz CT molecular complexity index is 626. The molecule has 33 heavy (non-hydrogen) atoms. The summed E-state index contributed by atoms with van der Waals surface area (Å²) in [5, 5.41) is 0. The molecule has 0 radical (unpaired) electrons. The van der Waals surface area contributed by atoms with Gasteiger partial charge in [-0.1, -0.05) is 59.3 Å². The molecule has 4 atom stereocenters. The van der Waals surface area contributed by atoms with Crippen molar-refractivity contribution in [3.63, 3.8) is 0 Å². The maximum Gasteiger partial charge on any atom is 0.310 e. The van der Waals surface area contributed by atoms with Gasteiger partial charge in [0, 0.05) is 6.42 Å². The highest BCUT2D eigenvalue weighted by atomic mass is 16.6. The molecule has 0 aromatic rings. The lowest BCUT2D eigenvalue weighted by Gasteiger charge is -2.34. The van der Waals surface area contributed by atoms with Gasteiger partial charge in [-0.25, -0.2) is 0 Å². The van der Waals surface area contributed by atoms with Crippen molar-refractivity contribution >= 4 is 17.9 Å². The van der Waals surface area contributed by atoms with Crippen LogP contribution in [-0.2, 0) is 28.6 Å². The molecule has 0 N–H and O–H groups in total. The molecule has 0 spiro atoms. The van der Waals surface area contributed by atoms with Crippen LogP contribution in [0.25, 0.3) is 0 Å². The average Bonchev–Trinajstić information content (AvgIpc) is 2.84. The van der Waals surface area contributed by atoms with Gasteiger partial charge in [-0.05, 0) is 51.4 Å². The minimum Gasteiger partial charge on any atom is -0.465 e. The molecule has 4 unspecified atom stereocenters. The average molecular weight is 467 g/mol. The zero-order valence-electron chi connectivity index (χ0n) is 21.4. The Kier molecular flexibility index (Phi) is 11.7. The number of esters is 3. The summed E-state index contributed by atoms with van der Waals surface area (Å²) in [5.74, 6) is -1.04. The van der Waals surface area contributed by atoms with Gasteiger partial charge >= 0.3 is 17.9 Å². The smallest absolute Gasteiger partial charge is 0.310 e. The normalized spacial score (nSPS) is 24.4.